The van der Waals surface area contributed by atoms with Crippen LogP contribution in [0.1, 0.15) is 43.7 Å². The van der Waals surface area contributed by atoms with Crippen molar-refractivity contribution in [1.82, 2.24) is 15.3 Å². The predicted octanol–water partition coefficient (Wildman–Crippen LogP) is 4.94. The zero-order chi connectivity index (χ0) is 22.5. The van der Waals surface area contributed by atoms with E-state index in [2.05, 4.69) is 58.3 Å². The highest BCUT2D eigenvalue weighted by Gasteiger charge is 2.25. The summed E-state index contributed by atoms with van der Waals surface area (Å²) in [5.74, 6) is 1.14. The molecule has 0 bridgehead atoms. The van der Waals surface area contributed by atoms with Crippen molar-refractivity contribution in [2.24, 2.45) is 5.92 Å². The summed E-state index contributed by atoms with van der Waals surface area (Å²) in [5.41, 5.74) is 3.84. The van der Waals surface area contributed by atoms with E-state index in [0.717, 1.165) is 42.9 Å². The first-order chi connectivity index (χ1) is 15.5. The number of halogens is 1. The van der Waals surface area contributed by atoms with Gasteiger partial charge in [-0.2, -0.15) is 0 Å². The Labute approximate surface area is 188 Å². The number of rotatable bonds is 6. The van der Waals surface area contributed by atoms with Crippen molar-refractivity contribution in [2.75, 3.05) is 18.0 Å². The minimum atomic E-state index is -0.287. The van der Waals surface area contributed by atoms with E-state index in [0.29, 0.717) is 18.2 Å². The van der Waals surface area contributed by atoms with Gasteiger partial charge >= 0.3 is 0 Å². The zero-order valence-corrected chi connectivity index (χ0v) is 18.6. The van der Waals surface area contributed by atoms with Crippen molar-refractivity contribution in [2.45, 2.75) is 39.2 Å². The van der Waals surface area contributed by atoms with Gasteiger partial charge in [0.1, 0.15) is 18.0 Å². The lowest BCUT2D eigenvalue weighted by molar-refractivity contribution is -0.125. The van der Waals surface area contributed by atoms with E-state index in [9.17, 15) is 9.18 Å². The Bertz CT molecular complexity index is 1060. The van der Waals surface area contributed by atoms with Gasteiger partial charge in [0.2, 0.25) is 5.91 Å². The van der Waals surface area contributed by atoms with E-state index in [4.69, 9.17) is 0 Å². The summed E-state index contributed by atoms with van der Waals surface area (Å²) in [7, 11) is 0. The number of aromatic nitrogens is 2. The molecule has 0 atom stereocenters. The molecule has 2 heterocycles. The van der Waals surface area contributed by atoms with Crippen LogP contribution >= 0.6 is 0 Å². The average molecular weight is 433 g/mol. The number of hydrogen-bond donors (Lipinski definition) is 1. The van der Waals surface area contributed by atoms with Gasteiger partial charge in [0.25, 0.3) is 0 Å². The lowest BCUT2D eigenvalue weighted by Gasteiger charge is -2.32. The standard InChI is InChI=1S/C26H29FN4O/c1-18(2)20-8-6-19(7-9-20)16-28-26(32)21-10-12-31(13-11-21)25-15-24(29-17-30-25)22-4-3-5-23(27)14-22/h3-9,14-15,17-18,21H,10-13,16H2,1-2H3,(H,28,32). The molecule has 3 aromatic rings. The Balaban J connectivity index is 1.31. The number of carbonyl (C=O) groups excluding carboxylic acids is 1. The first-order valence-electron chi connectivity index (χ1n) is 11.2. The first kappa shape index (κ1) is 21.9. The van der Waals surface area contributed by atoms with Gasteiger partial charge in [-0.1, -0.05) is 50.2 Å². The largest absolute Gasteiger partial charge is 0.356 e. The quantitative estimate of drug-likeness (QED) is 0.600. The third-order valence-corrected chi connectivity index (χ3v) is 6.08. The fourth-order valence-corrected chi connectivity index (χ4v) is 4.05. The minimum absolute atomic E-state index is 0.00529. The number of piperidine rings is 1. The van der Waals surface area contributed by atoms with E-state index in [1.54, 1.807) is 6.07 Å². The number of benzene rings is 2. The molecule has 0 aliphatic carbocycles. The van der Waals surface area contributed by atoms with E-state index >= 15 is 0 Å². The van der Waals surface area contributed by atoms with Crippen LogP contribution in [0.2, 0.25) is 0 Å². The molecule has 0 spiro atoms. The summed E-state index contributed by atoms with van der Waals surface area (Å²) < 4.78 is 13.6. The molecule has 166 valence electrons. The van der Waals surface area contributed by atoms with E-state index in [1.807, 2.05) is 12.1 Å². The van der Waals surface area contributed by atoms with E-state index in [-0.39, 0.29) is 17.6 Å². The second kappa shape index (κ2) is 9.90. The minimum Gasteiger partial charge on any atom is -0.356 e. The Kier molecular flexibility index (Phi) is 6.78. The van der Waals surface area contributed by atoms with Crippen molar-refractivity contribution in [3.63, 3.8) is 0 Å². The lowest BCUT2D eigenvalue weighted by atomic mass is 9.95. The molecule has 1 aliphatic rings. The summed E-state index contributed by atoms with van der Waals surface area (Å²) in [6, 6.07) is 16.7. The van der Waals surface area contributed by atoms with Crippen molar-refractivity contribution in [3.05, 3.63) is 77.9 Å². The third-order valence-electron chi connectivity index (χ3n) is 6.08. The van der Waals surface area contributed by atoms with Crippen molar-refractivity contribution in [3.8, 4) is 11.3 Å². The van der Waals surface area contributed by atoms with Gasteiger partial charge in [-0.05, 0) is 42.0 Å². The number of nitrogens with one attached hydrogen (secondary N) is 1. The second-order valence-electron chi connectivity index (χ2n) is 8.65. The van der Waals surface area contributed by atoms with Crippen LogP contribution in [0, 0.1) is 11.7 Å². The molecule has 0 saturated carbocycles. The molecular weight excluding hydrogens is 403 g/mol. The van der Waals surface area contributed by atoms with Gasteiger partial charge in [0.15, 0.2) is 0 Å². The van der Waals surface area contributed by atoms with Gasteiger partial charge < -0.3 is 10.2 Å². The van der Waals surface area contributed by atoms with Crippen LogP contribution in [0.15, 0.2) is 60.9 Å². The molecule has 1 N–H and O–H groups in total. The van der Waals surface area contributed by atoms with Crippen LogP contribution in [0.4, 0.5) is 10.2 Å². The van der Waals surface area contributed by atoms with E-state index in [1.165, 1.54) is 24.0 Å². The SMILES string of the molecule is CC(C)c1ccc(CNC(=O)C2CCN(c3cc(-c4cccc(F)c4)ncn3)CC2)cc1. The van der Waals surface area contributed by atoms with Gasteiger partial charge in [0.05, 0.1) is 5.69 Å². The molecule has 6 heteroatoms. The number of amides is 1. The van der Waals surface area contributed by atoms with E-state index < -0.39 is 0 Å². The smallest absolute Gasteiger partial charge is 0.223 e. The van der Waals surface area contributed by atoms with Crippen LogP contribution in [0.5, 0.6) is 0 Å². The maximum Gasteiger partial charge on any atom is 0.223 e. The summed E-state index contributed by atoms with van der Waals surface area (Å²) in [4.78, 5) is 23.5. The second-order valence-corrected chi connectivity index (χ2v) is 8.65. The molecular formula is C26H29FN4O. The van der Waals surface area contributed by atoms with Crippen molar-refractivity contribution in [1.29, 1.82) is 0 Å². The number of hydrogen-bond acceptors (Lipinski definition) is 4. The van der Waals surface area contributed by atoms with Crippen LogP contribution in [-0.2, 0) is 11.3 Å². The van der Waals surface area contributed by atoms with Crippen LogP contribution in [0.3, 0.4) is 0 Å². The molecule has 4 rings (SSSR count). The molecule has 2 aromatic carbocycles. The monoisotopic (exact) mass is 432 g/mol. The molecule has 1 fully saturated rings. The van der Waals surface area contributed by atoms with Crippen LogP contribution in [0.25, 0.3) is 11.3 Å². The molecule has 1 aromatic heterocycles. The van der Waals surface area contributed by atoms with Gasteiger partial charge in [-0.15, -0.1) is 0 Å². The normalized spacial score (nSPS) is 14.6. The van der Waals surface area contributed by atoms with Gasteiger partial charge in [0, 0.05) is 37.2 Å². The topological polar surface area (TPSA) is 58.1 Å². The third kappa shape index (κ3) is 5.31. The fourth-order valence-electron chi connectivity index (χ4n) is 4.05. The highest BCUT2D eigenvalue weighted by molar-refractivity contribution is 5.79. The van der Waals surface area contributed by atoms with Crippen LogP contribution in [-0.4, -0.2) is 29.0 Å². The summed E-state index contributed by atoms with van der Waals surface area (Å²) >= 11 is 0. The fraction of sp³-hybridized carbons (Fsp3) is 0.346. The highest BCUT2D eigenvalue weighted by Crippen LogP contribution is 2.25. The summed E-state index contributed by atoms with van der Waals surface area (Å²) in [6.07, 6.45) is 3.06. The Morgan fingerprint density at radius 2 is 1.84 bits per heavy atom. The zero-order valence-electron chi connectivity index (χ0n) is 18.6. The summed E-state index contributed by atoms with van der Waals surface area (Å²) in [5, 5.41) is 3.09. The molecule has 5 nitrogen and oxygen atoms in total. The highest BCUT2D eigenvalue weighted by atomic mass is 19.1. The molecule has 0 unspecified atom stereocenters. The van der Waals surface area contributed by atoms with Gasteiger partial charge in [-0.25, -0.2) is 14.4 Å². The maximum absolute atomic E-state index is 13.6. The maximum atomic E-state index is 13.6. The number of carbonyl (C=O) groups is 1. The molecule has 1 amide bonds. The Morgan fingerprint density at radius 1 is 1.09 bits per heavy atom. The molecule has 1 saturated heterocycles. The molecule has 0 radical (unpaired) electrons. The lowest BCUT2D eigenvalue weighted by Crippen LogP contribution is -2.40. The average Bonchev–Trinajstić information content (AvgIpc) is 2.83. The van der Waals surface area contributed by atoms with Crippen LogP contribution < -0.4 is 10.2 Å². The molecule has 1 aliphatic heterocycles. The number of nitrogens with zero attached hydrogens (tertiary/aromatic N) is 3. The summed E-state index contributed by atoms with van der Waals surface area (Å²) in [6.45, 7) is 6.40. The predicted molar refractivity (Wildman–Crippen MR) is 125 cm³/mol. The molecule has 32 heavy (non-hydrogen) atoms. The first-order valence-corrected chi connectivity index (χ1v) is 11.2. The van der Waals surface area contributed by atoms with Gasteiger partial charge in [-0.3, -0.25) is 4.79 Å². The Morgan fingerprint density at radius 3 is 2.53 bits per heavy atom. The Hall–Kier alpha value is -3.28. The number of anilines is 1. The van der Waals surface area contributed by atoms with Crippen molar-refractivity contribution >= 4 is 11.7 Å². The van der Waals surface area contributed by atoms with Crippen molar-refractivity contribution < 1.29 is 9.18 Å².